The van der Waals surface area contributed by atoms with E-state index in [2.05, 4.69) is 169 Å². The van der Waals surface area contributed by atoms with Gasteiger partial charge in [0.05, 0.1) is 8.07 Å². The Labute approximate surface area is 323 Å². The van der Waals surface area contributed by atoms with Crippen LogP contribution in [0.25, 0.3) is 53.8 Å². The molecular weight excluding hydrogens is 833 g/mol. The van der Waals surface area contributed by atoms with Crippen molar-refractivity contribution in [2.45, 2.75) is 73.5 Å². The van der Waals surface area contributed by atoms with Crippen LogP contribution < -0.4 is 5.19 Å². The quantitative estimate of drug-likeness (QED) is 0.118. The molecule has 0 spiro atoms. The normalized spacial score (nSPS) is 11.5. The number of benzene rings is 4. The topological polar surface area (TPSA) is 25.8 Å². The molecule has 5 heteroatoms. The van der Waals surface area contributed by atoms with Crippen LogP contribution in [0.1, 0.15) is 55.9 Å². The molecule has 3 aromatic heterocycles. The summed E-state index contributed by atoms with van der Waals surface area (Å²) in [5.74, 6) is 1.16. The Morgan fingerprint density at radius 2 is 1.51 bits per heavy atom. The van der Waals surface area contributed by atoms with E-state index in [4.69, 9.17) is 4.98 Å². The second-order valence-electron chi connectivity index (χ2n) is 15.2. The molecule has 51 heavy (non-hydrogen) atoms. The first-order chi connectivity index (χ1) is 23.9. The molecule has 0 saturated carbocycles. The Hall–Kier alpha value is -3.73. The van der Waals surface area contributed by atoms with Crippen LogP contribution in [0.15, 0.2) is 103 Å². The number of hydrogen-bond donors (Lipinski definition) is 0. The van der Waals surface area contributed by atoms with Gasteiger partial charge in [0.15, 0.2) is 0 Å². The predicted molar refractivity (Wildman–Crippen MR) is 220 cm³/mol. The van der Waals surface area contributed by atoms with Crippen LogP contribution >= 0.6 is 11.3 Å². The van der Waals surface area contributed by atoms with E-state index in [0.29, 0.717) is 11.8 Å². The van der Waals surface area contributed by atoms with Gasteiger partial charge in [-0.1, -0.05) is 132 Å². The Bertz CT molecular complexity index is 2260. The molecule has 0 aliphatic heterocycles. The van der Waals surface area contributed by atoms with Crippen LogP contribution in [0.5, 0.6) is 0 Å². The summed E-state index contributed by atoms with van der Waals surface area (Å²) in [4.78, 5) is 9.41. The average molecular weight is 881 g/mol. The van der Waals surface area contributed by atoms with Gasteiger partial charge in [0, 0.05) is 37.2 Å². The van der Waals surface area contributed by atoms with Crippen molar-refractivity contribution >= 4 is 44.8 Å². The van der Waals surface area contributed by atoms with E-state index in [1.165, 1.54) is 58.7 Å². The molecule has 0 atom stereocenters. The minimum absolute atomic E-state index is 0. The van der Waals surface area contributed by atoms with Crippen molar-refractivity contribution in [1.29, 1.82) is 0 Å². The van der Waals surface area contributed by atoms with Crippen LogP contribution in [-0.2, 0) is 26.5 Å². The number of pyridine rings is 2. The van der Waals surface area contributed by atoms with Crippen molar-refractivity contribution in [3.8, 4) is 33.6 Å². The van der Waals surface area contributed by atoms with Gasteiger partial charge in [-0.2, -0.15) is 11.3 Å². The molecule has 0 saturated heterocycles. The summed E-state index contributed by atoms with van der Waals surface area (Å²) in [6.07, 6.45) is 5.11. The Morgan fingerprint density at radius 3 is 2.20 bits per heavy atom. The van der Waals surface area contributed by atoms with Crippen LogP contribution in [0.4, 0.5) is 0 Å². The van der Waals surface area contributed by atoms with Gasteiger partial charge in [-0.15, -0.1) is 58.7 Å². The van der Waals surface area contributed by atoms with E-state index >= 15 is 0 Å². The molecule has 0 fully saturated rings. The summed E-state index contributed by atoms with van der Waals surface area (Å²) in [6.45, 7) is 20.5. The maximum Gasteiger partial charge on any atom is 0.0799 e. The third-order valence-electron chi connectivity index (χ3n) is 9.33. The van der Waals surface area contributed by atoms with Crippen LogP contribution in [0, 0.1) is 31.9 Å². The molecule has 0 aliphatic rings. The summed E-state index contributed by atoms with van der Waals surface area (Å²) in [5, 5.41) is 4.07. The molecule has 4 aromatic carbocycles. The van der Waals surface area contributed by atoms with Gasteiger partial charge in [0.1, 0.15) is 0 Å². The van der Waals surface area contributed by atoms with Crippen LogP contribution in [0.2, 0.25) is 19.6 Å². The summed E-state index contributed by atoms with van der Waals surface area (Å²) in [7, 11) is -1.36. The van der Waals surface area contributed by atoms with E-state index in [1.807, 2.05) is 23.6 Å². The fourth-order valence-corrected chi connectivity index (χ4v) is 9.42. The molecule has 0 amide bonds. The first-order valence-corrected chi connectivity index (χ1v) is 22.1. The third-order valence-corrected chi connectivity index (χ3v) is 12.6. The van der Waals surface area contributed by atoms with Crippen molar-refractivity contribution in [2.75, 3.05) is 0 Å². The molecule has 1 radical (unpaired) electrons. The van der Waals surface area contributed by atoms with E-state index in [9.17, 15) is 0 Å². The van der Waals surface area contributed by atoms with Gasteiger partial charge >= 0.3 is 0 Å². The first kappa shape index (κ1) is 38.5. The first-order valence-electron chi connectivity index (χ1n) is 17.8. The summed E-state index contributed by atoms with van der Waals surface area (Å²) < 4.78 is 2.57. The molecule has 0 N–H and O–H groups in total. The number of aryl methyl sites for hydroxylation is 2. The second kappa shape index (κ2) is 16.3. The Kier molecular flexibility index (Phi) is 12.3. The maximum atomic E-state index is 4.73. The third kappa shape index (κ3) is 8.84. The van der Waals surface area contributed by atoms with Crippen molar-refractivity contribution < 1.29 is 20.1 Å². The second-order valence-corrected chi connectivity index (χ2v) is 21.3. The van der Waals surface area contributed by atoms with Crippen molar-refractivity contribution in [1.82, 2.24) is 9.97 Å². The van der Waals surface area contributed by atoms with Gasteiger partial charge in [0.25, 0.3) is 0 Å². The van der Waals surface area contributed by atoms with E-state index in [-0.39, 0.29) is 20.1 Å². The van der Waals surface area contributed by atoms with Gasteiger partial charge < -0.3 is 9.97 Å². The standard InChI is InChI=1S/C27H22NS.C19H26NSi.Ir/c1-18(2)15-19-13-14-28-25(16-19)24-10-6-9-23-22-12-11-21(17-26(22)29-27(23)24)20-7-4-3-5-8-20;1-13(2)17-11-18(20-12-19(17)21(5,6)7)16-9-8-14(3)15(4)10-16;/h3-9,11-14,16-18H,15H2,1-2H3;8,10-13H,1-7H3;/q2*-1;. The monoisotopic (exact) mass is 881 g/mol. The van der Waals surface area contributed by atoms with Gasteiger partial charge in [-0.3, -0.25) is 0 Å². The fraction of sp³-hybridized carbons (Fsp3) is 0.261. The minimum Gasteiger partial charge on any atom is -0.305 e. The summed E-state index contributed by atoms with van der Waals surface area (Å²) in [5.41, 5.74) is 12.1. The molecule has 7 rings (SSSR count). The van der Waals surface area contributed by atoms with E-state index in [0.717, 1.165) is 28.9 Å². The van der Waals surface area contributed by atoms with Gasteiger partial charge in [0.2, 0.25) is 0 Å². The summed E-state index contributed by atoms with van der Waals surface area (Å²) in [6, 6.07) is 39.3. The van der Waals surface area contributed by atoms with Crippen molar-refractivity contribution in [2.24, 2.45) is 5.92 Å². The minimum atomic E-state index is -1.36. The number of aromatic nitrogens is 2. The Balaban J connectivity index is 0.000000205. The number of nitrogens with zero attached hydrogens (tertiary/aromatic N) is 2. The van der Waals surface area contributed by atoms with Gasteiger partial charge in [-0.25, -0.2) is 0 Å². The van der Waals surface area contributed by atoms with Gasteiger partial charge in [-0.05, 0) is 68.2 Å². The largest absolute Gasteiger partial charge is 0.305 e. The molecular formula is C46H48IrN2SSi-2. The smallest absolute Gasteiger partial charge is 0.0799 e. The van der Waals surface area contributed by atoms with E-state index < -0.39 is 8.07 Å². The number of hydrogen-bond acceptors (Lipinski definition) is 3. The average Bonchev–Trinajstić information content (AvgIpc) is 3.47. The van der Waals surface area contributed by atoms with Crippen LogP contribution in [-0.4, -0.2) is 18.0 Å². The number of rotatable bonds is 7. The molecule has 7 aromatic rings. The zero-order valence-electron chi connectivity index (χ0n) is 31.3. The number of thiophene rings is 1. The number of fused-ring (bicyclic) bond motifs is 3. The molecule has 0 unspecified atom stereocenters. The van der Waals surface area contributed by atoms with Crippen LogP contribution in [0.3, 0.4) is 0 Å². The molecule has 2 nitrogen and oxygen atoms in total. The Morgan fingerprint density at radius 1 is 0.745 bits per heavy atom. The molecule has 0 aliphatic carbocycles. The maximum absolute atomic E-state index is 4.73. The summed E-state index contributed by atoms with van der Waals surface area (Å²) >= 11 is 1.84. The molecule has 263 valence electrons. The zero-order valence-corrected chi connectivity index (χ0v) is 35.5. The zero-order chi connectivity index (χ0) is 35.6. The fourth-order valence-electron chi connectivity index (χ4n) is 6.49. The molecule has 3 heterocycles. The van der Waals surface area contributed by atoms with Crippen molar-refractivity contribution in [3.05, 3.63) is 138 Å². The van der Waals surface area contributed by atoms with E-state index in [1.54, 1.807) is 0 Å². The SMILES string of the molecule is CC(C)Cc1ccnc(-c2[c-]ccc3c2sc2cc(-c4ccccc4)ccc23)c1.Cc1c[c-]c(-c2cc(C(C)C)c([Si](C)(C)C)cn2)cc1C.[Ir]. The predicted octanol–water partition coefficient (Wildman–Crippen LogP) is 12.6. The van der Waals surface area contributed by atoms with Crippen molar-refractivity contribution in [3.63, 3.8) is 0 Å². The molecule has 0 bridgehead atoms.